The van der Waals surface area contributed by atoms with Crippen LogP contribution in [-0.2, 0) is 4.74 Å². The summed E-state index contributed by atoms with van der Waals surface area (Å²) in [6.45, 7) is 9.10. The molecule has 0 spiro atoms. The minimum absolute atomic E-state index is 0.0102. The minimum Gasteiger partial charge on any atom is -0.444 e. The number of rotatable bonds is 1. The van der Waals surface area contributed by atoms with Crippen LogP contribution in [0, 0.1) is 11.3 Å². The predicted molar refractivity (Wildman–Crippen MR) is 106 cm³/mol. The number of halogens is 2. The molecule has 9 heteroatoms. The zero-order chi connectivity index (χ0) is 19.9. The standard InChI is InChI=1S/C18H20BrClN4O3/c1-10-9-23(17(25)27-18(2,3)4)5-6-24(10)16-22-13-7-12(20)11(8-21)14(19)15(13)26-16/h7,10H,5-6,9H2,1-4H3/t10-/m0/s1. The summed E-state index contributed by atoms with van der Waals surface area (Å²) in [6.07, 6.45) is -0.320. The molecular weight excluding hydrogens is 436 g/mol. The SMILES string of the molecule is C[C@H]1CN(C(=O)OC(C)(C)C)CCN1c1nc2cc(Cl)c(C#N)c(Br)c2o1. The smallest absolute Gasteiger partial charge is 0.410 e. The van der Waals surface area contributed by atoms with Gasteiger partial charge in [0.15, 0.2) is 5.58 Å². The Hall–Kier alpha value is -1.98. The van der Waals surface area contributed by atoms with E-state index in [0.717, 1.165) is 0 Å². The fourth-order valence-corrected chi connectivity index (χ4v) is 3.89. The Morgan fingerprint density at radius 3 is 2.78 bits per heavy atom. The number of nitriles is 1. The normalized spacial score (nSPS) is 17.9. The maximum absolute atomic E-state index is 12.3. The van der Waals surface area contributed by atoms with Gasteiger partial charge in [0, 0.05) is 25.7 Å². The van der Waals surface area contributed by atoms with Gasteiger partial charge in [-0.2, -0.15) is 10.2 Å². The second-order valence-corrected chi connectivity index (χ2v) is 8.67. The number of piperazine rings is 1. The van der Waals surface area contributed by atoms with Gasteiger partial charge in [-0.3, -0.25) is 0 Å². The van der Waals surface area contributed by atoms with Gasteiger partial charge >= 0.3 is 6.09 Å². The van der Waals surface area contributed by atoms with Gasteiger partial charge in [-0.05, 0) is 49.7 Å². The molecule has 1 aromatic heterocycles. The second-order valence-electron chi connectivity index (χ2n) is 7.47. The minimum atomic E-state index is -0.526. The summed E-state index contributed by atoms with van der Waals surface area (Å²) in [7, 11) is 0. The van der Waals surface area contributed by atoms with Crippen molar-refractivity contribution in [2.75, 3.05) is 24.5 Å². The van der Waals surface area contributed by atoms with Crippen molar-refractivity contribution in [3.63, 3.8) is 0 Å². The van der Waals surface area contributed by atoms with Gasteiger partial charge in [-0.15, -0.1) is 0 Å². The number of aromatic nitrogens is 1. The molecule has 2 heterocycles. The van der Waals surface area contributed by atoms with Crippen molar-refractivity contribution in [1.29, 1.82) is 5.26 Å². The van der Waals surface area contributed by atoms with Gasteiger partial charge in [0.1, 0.15) is 17.2 Å². The maximum Gasteiger partial charge on any atom is 0.410 e. The third kappa shape index (κ3) is 3.99. The molecule has 0 saturated carbocycles. The molecule has 0 N–H and O–H groups in total. The molecule has 1 aromatic carbocycles. The highest BCUT2D eigenvalue weighted by atomic mass is 79.9. The molecule has 27 heavy (non-hydrogen) atoms. The summed E-state index contributed by atoms with van der Waals surface area (Å²) in [4.78, 5) is 20.5. The maximum atomic E-state index is 12.3. The molecule has 1 atom stereocenters. The first-order valence-corrected chi connectivity index (χ1v) is 9.71. The van der Waals surface area contributed by atoms with Crippen LogP contribution in [0.5, 0.6) is 0 Å². The average Bonchev–Trinajstić information content (AvgIpc) is 2.97. The number of amides is 1. The topological polar surface area (TPSA) is 82.6 Å². The summed E-state index contributed by atoms with van der Waals surface area (Å²) in [6, 6.07) is 4.10. The lowest BCUT2D eigenvalue weighted by molar-refractivity contribution is 0.0216. The van der Waals surface area contributed by atoms with E-state index in [1.807, 2.05) is 32.6 Å². The first-order valence-electron chi connectivity index (χ1n) is 8.54. The number of fused-ring (bicyclic) bond motifs is 1. The summed E-state index contributed by atoms with van der Waals surface area (Å²) >= 11 is 9.51. The van der Waals surface area contributed by atoms with E-state index < -0.39 is 5.60 Å². The van der Waals surface area contributed by atoms with Gasteiger partial charge in [0.05, 0.1) is 15.1 Å². The van der Waals surface area contributed by atoms with E-state index in [2.05, 4.69) is 27.0 Å². The molecule has 0 aliphatic carbocycles. The number of hydrogen-bond donors (Lipinski definition) is 0. The van der Waals surface area contributed by atoms with Crippen LogP contribution in [0.15, 0.2) is 15.0 Å². The molecule has 1 amide bonds. The van der Waals surface area contributed by atoms with E-state index in [9.17, 15) is 10.1 Å². The zero-order valence-corrected chi connectivity index (χ0v) is 17.9. The number of benzene rings is 1. The summed E-state index contributed by atoms with van der Waals surface area (Å²) in [5.41, 5.74) is 0.840. The number of carbonyl (C=O) groups is 1. The van der Waals surface area contributed by atoms with Crippen LogP contribution in [0.25, 0.3) is 11.1 Å². The van der Waals surface area contributed by atoms with Gasteiger partial charge in [-0.1, -0.05) is 11.6 Å². The fraction of sp³-hybridized carbons (Fsp3) is 0.500. The quantitative estimate of drug-likeness (QED) is 0.627. The molecule has 1 aliphatic heterocycles. The van der Waals surface area contributed by atoms with E-state index in [0.29, 0.717) is 51.8 Å². The monoisotopic (exact) mass is 454 g/mol. The number of oxazole rings is 1. The highest BCUT2D eigenvalue weighted by Gasteiger charge is 2.32. The Kier molecular flexibility index (Phi) is 5.28. The van der Waals surface area contributed by atoms with Crippen molar-refractivity contribution in [2.24, 2.45) is 0 Å². The number of anilines is 1. The molecule has 1 aliphatic rings. The molecule has 0 unspecified atom stereocenters. The molecule has 7 nitrogen and oxygen atoms in total. The van der Waals surface area contributed by atoms with Gasteiger partial charge in [0.25, 0.3) is 6.01 Å². The highest BCUT2D eigenvalue weighted by Crippen LogP contribution is 2.36. The average molecular weight is 456 g/mol. The third-order valence-corrected chi connectivity index (χ3v) is 5.25. The van der Waals surface area contributed by atoms with Crippen LogP contribution in [-0.4, -0.2) is 47.3 Å². The highest BCUT2D eigenvalue weighted by molar-refractivity contribution is 9.10. The van der Waals surface area contributed by atoms with Crippen LogP contribution in [0.3, 0.4) is 0 Å². The molecule has 3 rings (SSSR count). The first kappa shape index (κ1) is 19.8. The Labute approximate surface area is 170 Å². The van der Waals surface area contributed by atoms with Crippen molar-refractivity contribution in [3.05, 3.63) is 21.1 Å². The Balaban J connectivity index is 1.81. The lowest BCUT2D eigenvalue weighted by Crippen LogP contribution is -2.54. The van der Waals surface area contributed by atoms with Crippen molar-refractivity contribution in [1.82, 2.24) is 9.88 Å². The number of nitrogens with zero attached hydrogens (tertiary/aromatic N) is 4. The number of carbonyl (C=O) groups excluding carboxylic acids is 1. The van der Waals surface area contributed by atoms with Crippen LogP contribution < -0.4 is 4.90 Å². The largest absolute Gasteiger partial charge is 0.444 e. The van der Waals surface area contributed by atoms with Crippen molar-refractivity contribution >= 4 is 50.7 Å². The zero-order valence-electron chi connectivity index (χ0n) is 15.5. The van der Waals surface area contributed by atoms with E-state index in [1.54, 1.807) is 11.0 Å². The van der Waals surface area contributed by atoms with E-state index in [1.165, 1.54) is 0 Å². The molecule has 1 saturated heterocycles. The van der Waals surface area contributed by atoms with Crippen LogP contribution >= 0.6 is 27.5 Å². The lowest BCUT2D eigenvalue weighted by Gasteiger charge is -2.39. The van der Waals surface area contributed by atoms with Crippen LogP contribution in [0.4, 0.5) is 10.8 Å². The summed E-state index contributed by atoms with van der Waals surface area (Å²) in [5, 5.41) is 9.55. The second kappa shape index (κ2) is 7.21. The molecule has 0 radical (unpaired) electrons. The van der Waals surface area contributed by atoms with Gasteiger partial charge < -0.3 is 19.0 Å². The number of hydrogen-bond acceptors (Lipinski definition) is 6. The number of ether oxygens (including phenoxy) is 1. The van der Waals surface area contributed by atoms with Crippen LogP contribution in [0.1, 0.15) is 33.3 Å². The molecule has 144 valence electrons. The lowest BCUT2D eigenvalue weighted by atomic mass is 10.2. The Morgan fingerprint density at radius 2 is 2.19 bits per heavy atom. The van der Waals surface area contributed by atoms with Crippen molar-refractivity contribution in [2.45, 2.75) is 39.3 Å². The molecule has 1 fully saturated rings. The van der Waals surface area contributed by atoms with Crippen molar-refractivity contribution < 1.29 is 13.9 Å². The first-order chi connectivity index (χ1) is 12.6. The summed E-state index contributed by atoms with van der Waals surface area (Å²) < 4.78 is 11.8. The summed E-state index contributed by atoms with van der Waals surface area (Å²) in [5.74, 6) is 0. The van der Waals surface area contributed by atoms with Gasteiger partial charge in [0.2, 0.25) is 0 Å². The van der Waals surface area contributed by atoms with Crippen molar-refractivity contribution in [3.8, 4) is 6.07 Å². The molecule has 0 bridgehead atoms. The van der Waals surface area contributed by atoms with E-state index in [4.69, 9.17) is 20.8 Å². The predicted octanol–water partition coefficient (Wildman–Crippen LogP) is 4.56. The molecular formula is C18H20BrClN4O3. The van der Waals surface area contributed by atoms with E-state index >= 15 is 0 Å². The van der Waals surface area contributed by atoms with Crippen LogP contribution in [0.2, 0.25) is 5.02 Å². The Bertz CT molecular complexity index is 931. The van der Waals surface area contributed by atoms with E-state index in [-0.39, 0.29) is 12.1 Å². The third-order valence-electron chi connectivity index (χ3n) is 4.20. The van der Waals surface area contributed by atoms with Gasteiger partial charge in [-0.25, -0.2) is 4.79 Å². The molecule has 2 aromatic rings. The Morgan fingerprint density at radius 1 is 1.48 bits per heavy atom. The fourth-order valence-electron chi connectivity index (χ4n) is 2.95.